The number of nitro benzene ring substituents is 1. The number of nitrogens with zero attached hydrogens (tertiary/aromatic N) is 2. The molecule has 1 saturated heterocycles. The third-order valence-electron chi connectivity index (χ3n) is 5.10. The van der Waals surface area contributed by atoms with Crippen molar-refractivity contribution in [3.8, 4) is 5.75 Å². The largest absolute Gasteiger partial charge is 0.493 e. The smallest absolute Gasteiger partial charge is 0.335 e. The van der Waals surface area contributed by atoms with Crippen molar-refractivity contribution in [1.82, 2.24) is 5.32 Å². The normalized spacial score (nSPS) is 13.2. The fourth-order valence-electron chi connectivity index (χ4n) is 3.56. The first kappa shape index (κ1) is 24.2. The Morgan fingerprint density at radius 1 is 1.18 bits per heavy atom. The number of amides is 1. The molecule has 2 aromatic carbocycles. The molecule has 1 aliphatic heterocycles. The number of nitro groups is 1. The van der Waals surface area contributed by atoms with Crippen LogP contribution in [0.4, 0.5) is 17.1 Å². The van der Waals surface area contributed by atoms with E-state index in [1.807, 2.05) is 4.90 Å². The van der Waals surface area contributed by atoms with Gasteiger partial charge in [0.1, 0.15) is 5.69 Å². The van der Waals surface area contributed by atoms with E-state index in [2.05, 4.69) is 10.6 Å². The number of aromatic carboxylic acids is 1. The minimum atomic E-state index is -1.21. The van der Waals surface area contributed by atoms with Gasteiger partial charge in [0.2, 0.25) is 0 Å². The summed E-state index contributed by atoms with van der Waals surface area (Å²) < 4.78 is 5.17. The fourth-order valence-corrected chi connectivity index (χ4v) is 4.06. The summed E-state index contributed by atoms with van der Waals surface area (Å²) in [5.74, 6) is -1.74. The Morgan fingerprint density at radius 3 is 2.48 bits per heavy atom. The van der Waals surface area contributed by atoms with Gasteiger partial charge in [0.25, 0.3) is 11.6 Å². The second-order valence-corrected chi connectivity index (χ2v) is 8.08. The summed E-state index contributed by atoms with van der Waals surface area (Å²) >= 11 is 11.2. The average molecular weight is 493 g/mol. The van der Waals surface area contributed by atoms with Crippen LogP contribution in [0.25, 0.3) is 0 Å². The van der Waals surface area contributed by atoms with Crippen LogP contribution in [0.1, 0.15) is 40.0 Å². The van der Waals surface area contributed by atoms with Gasteiger partial charge < -0.3 is 20.1 Å². The van der Waals surface area contributed by atoms with Gasteiger partial charge in [0, 0.05) is 24.7 Å². The molecule has 2 aromatic rings. The lowest BCUT2D eigenvalue weighted by molar-refractivity contribution is -0.384. The molecule has 0 unspecified atom stereocenters. The molecule has 174 valence electrons. The Kier molecular flexibility index (Phi) is 7.67. The van der Waals surface area contributed by atoms with E-state index >= 15 is 0 Å². The summed E-state index contributed by atoms with van der Waals surface area (Å²) in [6.45, 7) is 1.44. The summed E-state index contributed by atoms with van der Waals surface area (Å²) in [5, 5.41) is 25.8. The average Bonchev–Trinajstić information content (AvgIpc) is 2.78. The van der Waals surface area contributed by atoms with Crippen LogP contribution in [-0.4, -0.2) is 47.2 Å². The van der Waals surface area contributed by atoms with Crippen molar-refractivity contribution in [2.24, 2.45) is 0 Å². The maximum Gasteiger partial charge on any atom is 0.335 e. The number of nitrogens with one attached hydrogen (secondary N) is 2. The molecule has 33 heavy (non-hydrogen) atoms. The topological polar surface area (TPSA) is 134 Å². The number of hydrogen-bond acceptors (Lipinski definition) is 7. The standard InChI is InChI=1S/C21H21ClN4O6S/c1-32-18-14(22)9-13(20(28)29)10-15(18)23-21(33)24-19(27)12-5-6-16(17(11-12)26(30)31)25-7-3-2-4-8-25/h5-6,9-11H,2-4,7-8H2,1H3,(H,28,29)(H2,23,24,27,33). The number of methoxy groups -OCH3 is 1. The number of carboxylic acid groups (broad SMARTS) is 1. The highest BCUT2D eigenvalue weighted by atomic mass is 35.5. The van der Waals surface area contributed by atoms with Crippen LogP contribution in [0, 0.1) is 10.1 Å². The van der Waals surface area contributed by atoms with Gasteiger partial charge in [-0.25, -0.2) is 4.79 Å². The van der Waals surface area contributed by atoms with Crippen LogP contribution in [0.5, 0.6) is 5.75 Å². The summed E-state index contributed by atoms with van der Waals surface area (Å²) in [7, 11) is 1.34. The van der Waals surface area contributed by atoms with Crippen molar-refractivity contribution < 1.29 is 24.4 Å². The number of carboxylic acids is 1. The molecule has 1 heterocycles. The maximum atomic E-state index is 12.7. The van der Waals surface area contributed by atoms with Gasteiger partial charge in [-0.15, -0.1) is 0 Å². The first-order chi connectivity index (χ1) is 15.7. The Bertz CT molecular complexity index is 1120. The van der Waals surface area contributed by atoms with Crippen LogP contribution in [0.2, 0.25) is 5.02 Å². The van der Waals surface area contributed by atoms with Gasteiger partial charge in [0.15, 0.2) is 10.9 Å². The zero-order valence-electron chi connectivity index (χ0n) is 17.6. The van der Waals surface area contributed by atoms with Crippen molar-refractivity contribution in [3.05, 3.63) is 56.6 Å². The van der Waals surface area contributed by atoms with E-state index in [0.717, 1.165) is 32.4 Å². The highest BCUT2D eigenvalue weighted by Crippen LogP contribution is 2.35. The third kappa shape index (κ3) is 5.68. The molecule has 1 aliphatic rings. The summed E-state index contributed by atoms with van der Waals surface area (Å²) in [6.07, 6.45) is 2.99. The van der Waals surface area contributed by atoms with Crippen LogP contribution in [0.3, 0.4) is 0 Å². The summed E-state index contributed by atoms with van der Waals surface area (Å²) in [5.41, 5.74) is 0.393. The lowest BCUT2D eigenvalue weighted by Gasteiger charge is -2.28. The number of carbonyl (C=O) groups is 2. The molecule has 0 saturated carbocycles. The highest BCUT2D eigenvalue weighted by Gasteiger charge is 2.23. The van der Waals surface area contributed by atoms with E-state index in [4.69, 9.17) is 28.6 Å². The van der Waals surface area contributed by atoms with Gasteiger partial charge in [-0.1, -0.05) is 11.6 Å². The van der Waals surface area contributed by atoms with Gasteiger partial charge in [0.05, 0.1) is 28.3 Å². The minimum Gasteiger partial charge on any atom is -0.493 e. The molecule has 0 bridgehead atoms. The van der Waals surface area contributed by atoms with Crippen molar-refractivity contribution in [1.29, 1.82) is 0 Å². The molecule has 3 rings (SSSR count). The molecule has 12 heteroatoms. The second-order valence-electron chi connectivity index (χ2n) is 7.26. The van der Waals surface area contributed by atoms with Gasteiger partial charge in [-0.2, -0.15) is 0 Å². The third-order valence-corrected chi connectivity index (χ3v) is 5.59. The molecule has 0 atom stereocenters. The molecule has 0 aromatic heterocycles. The molecule has 0 spiro atoms. The zero-order chi connectivity index (χ0) is 24.1. The van der Waals surface area contributed by atoms with E-state index in [-0.39, 0.29) is 38.4 Å². The van der Waals surface area contributed by atoms with Crippen LogP contribution < -0.4 is 20.3 Å². The van der Waals surface area contributed by atoms with E-state index in [0.29, 0.717) is 5.69 Å². The number of piperidine rings is 1. The molecule has 0 radical (unpaired) electrons. The van der Waals surface area contributed by atoms with E-state index in [9.17, 15) is 24.8 Å². The number of thiocarbonyl (C=S) groups is 1. The number of halogens is 1. The summed E-state index contributed by atoms with van der Waals surface area (Å²) in [4.78, 5) is 37.0. The second kappa shape index (κ2) is 10.5. The van der Waals surface area contributed by atoms with E-state index < -0.39 is 16.8 Å². The Balaban J connectivity index is 1.79. The molecular formula is C21H21ClN4O6S. The van der Waals surface area contributed by atoms with Gasteiger partial charge in [-0.05, 0) is 55.7 Å². The molecule has 3 N–H and O–H groups in total. The van der Waals surface area contributed by atoms with Crippen molar-refractivity contribution in [2.45, 2.75) is 19.3 Å². The first-order valence-electron chi connectivity index (χ1n) is 9.97. The monoisotopic (exact) mass is 492 g/mol. The number of ether oxygens (including phenoxy) is 1. The zero-order valence-corrected chi connectivity index (χ0v) is 19.2. The SMILES string of the molecule is COc1c(Cl)cc(C(=O)O)cc1NC(=S)NC(=O)c1ccc(N2CCCCC2)c([N+](=O)[O-])c1. The van der Waals surface area contributed by atoms with Crippen molar-refractivity contribution >= 4 is 57.9 Å². The van der Waals surface area contributed by atoms with E-state index in [1.165, 1.54) is 31.4 Å². The fraction of sp³-hybridized carbons (Fsp3) is 0.286. The predicted octanol–water partition coefficient (Wildman–Crippen LogP) is 4.07. The number of hydrogen-bond donors (Lipinski definition) is 3. The first-order valence-corrected chi connectivity index (χ1v) is 10.8. The quantitative estimate of drug-likeness (QED) is 0.310. The van der Waals surface area contributed by atoms with Crippen LogP contribution in [-0.2, 0) is 0 Å². The van der Waals surface area contributed by atoms with Gasteiger partial charge >= 0.3 is 5.97 Å². The number of rotatable bonds is 6. The lowest BCUT2D eigenvalue weighted by atomic mass is 10.1. The molecule has 1 amide bonds. The van der Waals surface area contributed by atoms with Crippen LogP contribution >= 0.6 is 23.8 Å². The maximum absolute atomic E-state index is 12.7. The van der Waals surface area contributed by atoms with Crippen molar-refractivity contribution in [2.75, 3.05) is 30.4 Å². The highest BCUT2D eigenvalue weighted by molar-refractivity contribution is 7.80. The Hall–Kier alpha value is -3.44. The number of anilines is 2. The van der Waals surface area contributed by atoms with Crippen molar-refractivity contribution in [3.63, 3.8) is 0 Å². The minimum absolute atomic E-state index is 0.0398. The molecule has 0 aliphatic carbocycles. The number of benzene rings is 2. The summed E-state index contributed by atoms with van der Waals surface area (Å²) in [6, 6.07) is 6.75. The van der Waals surface area contributed by atoms with Crippen LogP contribution in [0.15, 0.2) is 30.3 Å². The molecule has 10 nitrogen and oxygen atoms in total. The number of carbonyl (C=O) groups excluding carboxylic acids is 1. The Labute approximate surface area is 199 Å². The van der Waals surface area contributed by atoms with Gasteiger partial charge in [-0.3, -0.25) is 20.2 Å². The lowest BCUT2D eigenvalue weighted by Crippen LogP contribution is -2.34. The van der Waals surface area contributed by atoms with E-state index in [1.54, 1.807) is 6.07 Å². The predicted molar refractivity (Wildman–Crippen MR) is 128 cm³/mol. The molecular weight excluding hydrogens is 472 g/mol. The Morgan fingerprint density at radius 2 is 1.88 bits per heavy atom. The molecule has 1 fully saturated rings.